The number of hydrogen-bond acceptors (Lipinski definition) is 3. The van der Waals surface area contributed by atoms with Crippen molar-refractivity contribution < 1.29 is 4.74 Å². The maximum absolute atomic E-state index is 8.46. The van der Waals surface area contributed by atoms with Crippen LogP contribution in [0.2, 0.25) is 5.15 Å². The van der Waals surface area contributed by atoms with E-state index in [0.717, 1.165) is 5.56 Å². The highest BCUT2D eigenvalue weighted by Crippen LogP contribution is 2.22. The Hall–Kier alpha value is -1.53. The van der Waals surface area contributed by atoms with Crippen molar-refractivity contribution in [1.82, 2.24) is 4.98 Å². The molecule has 0 bridgehead atoms. The van der Waals surface area contributed by atoms with Gasteiger partial charge in [0, 0.05) is 6.20 Å². The normalized spacial score (nSPS) is 9.21. The molecule has 0 saturated carbocycles. The topological polar surface area (TPSA) is 45.9 Å². The van der Waals surface area contributed by atoms with E-state index >= 15 is 0 Å². The lowest BCUT2D eigenvalue weighted by Crippen LogP contribution is -2.00. The van der Waals surface area contributed by atoms with Gasteiger partial charge in [-0.2, -0.15) is 5.26 Å². The van der Waals surface area contributed by atoms with E-state index in [0.29, 0.717) is 16.5 Å². The van der Waals surface area contributed by atoms with Gasteiger partial charge in [-0.15, -0.1) is 0 Å². The van der Waals surface area contributed by atoms with Gasteiger partial charge in [0.25, 0.3) is 0 Å². The van der Waals surface area contributed by atoms with E-state index < -0.39 is 0 Å². The zero-order chi connectivity index (χ0) is 10.6. The number of nitrogens with zero attached hydrogens (tertiary/aromatic N) is 2. The third-order valence-corrected chi connectivity index (χ3v) is 1.79. The minimum Gasteiger partial charge on any atom is -0.485 e. The fraction of sp³-hybridized carbons (Fsp3) is 0.200. The number of ether oxygens (including phenoxy) is 1. The Balaban J connectivity index is 2.72. The molecule has 0 saturated heterocycles. The summed E-state index contributed by atoms with van der Waals surface area (Å²) < 4.78 is 5.25. The third kappa shape index (κ3) is 2.75. The molecule has 3 nitrogen and oxygen atoms in total. The molecule has 0 aliphatic rings. The number of aromatic nitrogens is 1. The summed E-state index contributed by atoms with van der Waals surface area (Å²) in [7, 11) is 0. The van der Waals surface area contributed by atoms with Crippen molar-refractivity contribution in [2.24, 2.45) is 0 Å². The van der Waals surface area contributed by atoms with Crippen LogP contribution in [0.1, 0.15) is 5.56 Å². The van der Waals surface area contributed by atoms with Crippen molar-refractivity contribution in [2.75, 3.05) is 6.61 Å². The van der Waals surface area contributed by atoms with Gasteiger partial charge < -0.3 is 4.74 Å². The zero-order valence-electron chi connectivity index (χ0n) is 7.75. The maximum atomic E-state index is 8.46. The smallest absolute Gasteiger partial charge is 0.171 e. The molecule has 0 atom stereocenters. The summed E-state index contributed by atoms with van der Waals surface area (Å²) in [6, 6.07) is 3.65. The van der Waals surface area contributed by atoms with Crippen LogP contribution < -0.4 is 4.74 Å². The number of nitriles is 1. The van der Waals surface area contributed by atoms with Crippen molar-refractivity contribution >= 4 is 11.6 Å². The predicted molar refractivity (Wildman–Crippen MR) is 54.2 cm³/mol. The first kappa shape index (κ1) is 10.6. The van der Waals surface area contributed by atoms with E-state index in [1.807, 2.05) is 13.0 Å². The van der Waals surface area contributed by atoms with Crippen molar-refractivity contribution in [3.8, 4) is 11.8 Å². The fourth-order valence-electron chi connectivity index (χ4n) is 0.824. The van der Waals surface area contributed by atoms with Crippen LogP contribution in [-0.2, 0) is 0 Å². The molecule has 0 radical (unpaired) electrons. The number of rotatable bonds is 3. The van der Waals surface area contributed by atoms with E-state index in [1.165, 1.54) is 0 Å². The first-order chi connectivity index (χ1) is 6.63. The molecule has 1 rings (SSSR count). The molecule has 4 heteroatoms. The van der Waals surface area contributed by atoms with Gasteiger partial charge in [-0.1, -0.05) is 18.2 Å². The van der Waals surface area contributed by atoms with Crippen molar-refractivity contribution in [1.29, 1.82) is 5.26 Å². The standard InChI is InChI=1S/C10H9ClN2O/c1-7-3-9(10(11)13-5-7)14-6-8(2)4-12/h3,5H,2,6H2,1H3. The first-order valence-corrected chi connectivity index (χ1v) is 4.34. The molecule has 0 fully saturated rings. The lowest BCUT2D eigenvalue weighted by molar-refractivity contribution is 0.355. The molecule has 0 aliphatic heterocycles. The van der Waals surface area contributed by atoms with Crippen LogP contribution in [0.4, 0.5) is 0 Å². The van der Waals surface area contributed by atoms with Gasteiger partial charge in [0.1, 0.15) is 6.61 Å². The highest BCUT2D eigenvalue weighted by Gasteiger charge is 2.03. The van der Waals surface area contributed by atoms with Crippen LogP contribution in [0, 0.1) is 18.3 Å². The molecule has 1 aromatic heterocycles. The third-order valence-electron chi connectivity index (χ3n) is 1.50. The van der Waals surface area contributed by atoms with Gasteiger partial charge in [-0.3, -0.25) is 0 Å². The van der Waals surface area contributed by atoms with Crippen LogP contribution in [-0.4, -0.2) is 11.6 Å². The maximum Gasteiger partial charge on any atom is 0.171 e. The Kier molecular flexibility index (Phi) is 3.49. The van der Waals surface area contributed by atoms with Crippen LogP contribution in [0.3, 0.4) is 0 Å². The highest BCUT2D eigenvalue weighted by molar-refractivity contribution is 6.30. The van der Waals surface area contributed by atoms with E-state index in [2.05, 4.69) is 11.6 Å². The average molecular weight is 209 g/mol. The van der Waals surface area contributed by atoms with Crippen molar-refractivity contribution in [3.05, 3.63) is 35.1 Å². The molecule has 0 unspecified atom stereocenters. The predicted octanol–water partition coefficient (Wildman–Crippen LogP) is 2.50. The van der Waals surface area contributed by atoms with Crippen molar-refractivity contribution in [2.45, 2.75) is 6.92 Å². The molecule has 14 heavy (non-hydrogen) atoms. The molecule has 72 valence electrons. The highest BCUT2D eigenvalue weighted by atomic mass is 35.5. The molecule has 1 heterocycles. The number of aryl methyl sites for hydroxylation is 1. The van der Waals surface area contributed by atoms with Gasteiger partial charge >= 0.3 is 0 Å². The average Bonchev–Trinajstić information content (AvgIpc) is 2.19. The van der Waals surface area contributed by atoms with Crippen LogP contribution >= 0.6 is 11.6 Å². The monoisotopic (exact) mass is 208 g/mol. The van der Waals surface area contributed by atoms with E-state index in [1.54, 1.807) is 12.3 Å². The molecule has 0 aliphatic carbocycles. The minimum atomic E-state index is 0.140. The zero-order valence-corrected chi connectivity index (χ0v) is 8.51. The van der Waals surface area contributed by atoms with E-state index in [9.17, 15) is 0 Å². The van der Waals surface area contributed by atoms with Gasteiger partial charge in [-0.05, 0) is 18.6 Å². The summed E-state index contributed by atoms with van der Waals surface area (Å²) in [5.74, 6) is 0.475. The quantitative estimate of drug-likeness (QED) is 0.566. The molecule has 1 aromatic rings. The molecule has 0 aromatic carbocycles. The summed E-state index contributed by atoms with van der Waals surface area (Å²) in [5, 5.41) is 8.75. The SMILES string of the molecule is C=C(C#N)COc1cc(C)cnc1Cl. The molecular formula is C10H9ClN2O. The van der Waals surface area contributed by atoms with Crippen LogP contribution in [0.5, 0.6) is 5.75 Å². The second kappa shape index (κ2) is 4.64. The molecule has 0 amide bonds. The van der Waals surface area contributed by atoms with Gasteiger partial charge in [0.2, 0.25) is 0 Å². The number of hydrogen-bond donors (Lipinski definition) is 0. The second-order valence-corrected chi connectivity index (χ2v) is 3.16. The summed E-state index contributed by atoms with van der Waals surface area (Å²) in [5.41, 5.74) is 1.30. The summed E-state index contributed by atoms with van der Waals surface area (Å²) >= 11 is 5.77. The summed E-state index contributed by atoms with van der Waals surface area (Å²) in [4.78, 5) is 3.91. The van der Waals surface area contributed by atoms with Crippen molar-refractivity contribution in [3.63, 3.8) is 0 Å². The number of pyridine rings is 1. The number of halogens is 1. The Labute approximate surface area is 87.6 Å². The van der Waals surface area contributed by atoms with Gasteiger partial charge in [-0.25, -0.2) is 4.98 Å². The molecular weight excluding hydrogens is 200 g/mol. The van der Waals surface area contributed by atoms with E-state index in [-0.39, 0.29) is 6.61 Å². The Morgan fingerprint density at radius 3 is 3.14 bits per heavy atom. The van der Waals surface area contributed by atoms with Crippen LogP contribution in [0.15, 0.2) is 24.4 Å². The largest absolute Gasteiger partial charge is 0.485 e. The molecule has 0 N–H and O–H groups in total. The first-order valence-electron chi connectivity index (χ1n) is 3.96. The van der Waals surface area contributed by atoms with Gasteiger partial charge in [0.05, 0.1) is 11.6 Å². The lowest BCUT2D eigenvalue weighted by atomic mass is 10.3. The Morgan fingerprint density at radius 2 is 2.50 bits per heavy atom. The molecule has 0 spiro atoms. The second-order valence-electron chi connectivity index (χ2n) is 2.81. The lowest BCUT2D eigenvalue weighted by Gasteiger charge is -2.06. The fourth-order valence-corrected chi connectivity index (χ4v) is 0.982. The van der Waals surface area contributed by atoms with Crippen LogP contribution in [0.25, 0.3) is 0 Å². The summed E-state index contributed by atoms with van der Waals surface area (Å²) in [6.07, 6.45) is 1.65. The minimum absolute atomic E-state index is 0.140. The van der Waals surface area contributed by atoms with E-state index in [4.69, 9.17) is 21.6 Å². The Bertz CT molecular complexity index is 396. The summed E-state index contributed by atoms with van der Waals surface area (Å²) in [6.45, 7) is 5.52. The van der Waals surface area contributed by atoms with Gasteiger partial charge in [0.15, 0.2) is 10.9 Å². The Morgan fingerprint density at radius 1 is 1.79 bits per heavy atom.